The van der Waals surface area contributed by atoms with E-state index in [-0.39, 0.29) is 11.3 Å². The molecule has 2 fully saturated rings. The first-order valence-corrected chi connectivity index (χ1v) is 12.9. The fourth-order valence-corrected chi connectivity index (χ4v) is 5.56. The summed E-state index contributed by atoms with van der Waals surface area (Å²) in [5, 5.41) is 0. The Morgan fingerprint density at radius 2 is 1.49 bits per heavy atom. The number of fused-ring (bicyclic) bond motifs is 2. The minimum atomic E-state index is -1.38. The fourth-order valence-electron chi connectivity index (χ4n) is 5.56. The zero-order chi connectivity index (χ0) is 25.5. The molecule has 2 saturated heterocycles. The van der Waals surface area contributed by atoms with Crippen molar-refractivity contribution < 1.29 is 19.0 Å². The smallest absolute Gasteiger partial charge is 0.293 e. The van der Waals surface area contributed by atoms with E-state index in [9.17, 15) is 4.79 Å². The molecule has 6 rings (SSSR count). The van der Waals surface area contributed by atoms with Crippen LogP contribution >= 0.6 is 0 Å². The molecule has 7 nitrogen and oxygen atoms in total. The van der Waals surface area contributed by atoms with Gasteiger partial charge in [0.15, 0.2) is 0 Å². The van der Waals surface area contributed by atoms with E-state index in [2.05, 4.69) is 41.0 Å². The van der Waals surface area contributed by atoms with Crippen molar-refractivity contribution in [1.82, 2.24) is 4.90 Å². The van der Waals surface area contributed by atoms with Gasteiger partial charge < -0.3 is 19.1 Å². The summed E-state index contributed by atoms with van der Waals surface area (Å²) in [5.74, 6) is -0.657. The minimum absolute atomic E-state index is 0.138. The van der Waals surface area contributed by atoms with Gasteiger partial charge in [-0.1, -0.05) is 55.5 Å². The second-order valence-corrected chi connectivity index (χ2v) is 10.3. The van der Waals surface area contributed by atoms with Gasteiger partial charge in [-0.05, 0) is 35.9 Å². The Bertz CT molecular complexity index is 1250. The van der Waals surface area contributed by atoms with Crippen molar-refractivity contribution in [2.24, 2.45) is 0 Å². The fraction of sp³-hybridized carbons (Fsp3) is 0.367. The first kappa shape index (κ1) is 24.0. The van der Waals surface area contributed by atoms with Crippen LogP contribution in [-0.4, -0.2) is 64.0 Å². The normalized spacial score (nSPS) is 25.9. The van der Waals surface area contributed by atoms with E-state index in [1.165, 1.54) is 5.69 Å². The molecule has 0 atom stereocenters. The molecule has 3 aliphatic rings. The summed E-state index contributed by atoms with van der Waals surface area (Å²) in [6.07, 6.45) is 0. The maximum atomic E-state index is 13.9. The number of piperazine rings is 1. The first-order valence-electron chi connectivity index (χ1n) is 12.9. The summed E-state index contributed by atoms with van der Waals surface area (Å²) in [6, 6.07) is 26.3. The Morgan fingerprint density at radius 3 is 2.16 bits per heavy atom. The van der Waals surface area contributed by atoms with Gasteiger partial charge in [-0.2, -0.15) is 0 Å². The summed E-state index contributed by atoms with van der Waals surface area (Å²) in [6.45, 7) is 6.96. The molecule has 0 radical (unpaired) electrons. The predicted octanol–water partition coefficient (Wildman–Crippen LogP) is 3.98. The number of anilines is 2. The highest BCUT2D eigenvalue weighted by molar-refractivity contribution is 6.06. The van der Waals surface area contributed by atoms with Crippen molar-refractivity contribution in [3.8, 4) is 5.75 Å². The summed E-state index contributed by atoms with van der Waals surface area (Å²) in [4.78, 5) is 20.5. The molecule has 0 unspecified atom stereocenters. The highest BCUT2D eigenvalue weighted by Crippen LogP contribution is 2.48. The minimum Gasteiger partial charge on any atom is -0.497 e. The van der Waals surface area contributed by atoms with Crippen LogP contribution in [0.1, 0.15) is 18.1 Å². The van der Waals surface area contributed by atoms with Gasteiger partial charge in [0.25, 0.3) is 11.7 Å². The molecule has 0 aromatic heterocycles. The highest BCUT2D eigenvalue weighted by atomic mass is 16.7. The van der Waals surface area contributed by atoms with Gasteiger partial charge >= 0.3 is 0 Å². The molecule has 7 heteroatoms. The number of hydrogen-bond acceptors (Lipinski definition) is 6. The Hall–Kier alpha value is -3.39. The molecule has 1 amide bonds. The SMILES string of the molecule is COc1ccc(N2CCN(CN3C(=O)C4(OCC(C)(c5ccccc5)CO4)c4ccccc43)CC2)cc1. The third-order valence-corrected chi connectivity index (χ3v) is 7.89. The molecule has 0 bridgehead atoms. The van der Waals surface area contributed by atoms with Crippen LogP contribution in [0.5, 0.6) is 5.75 Å². The molecular formula is C30H33N3O4. The molecule has 192 valence electrons. The van der Waals surface area contributed by atoms with Gasteiger partial charge in [0.1, 0.15) is 5.75 Å². The second kappa shape index (κ2) is 9.49. The van der Waals surface area contributed by atoms with Crippen molar-refractivity contribution in [3.63, 3.8) is 0 Å². The molecule has 0 saturated carbocycles. The van der Waals surface area contributed by atoms with Crippen molar-refractivity contribution in [2.75, 3.05) is 63.0 Å². The number of methoxy groups -OCH3 is 1. The number of hydrogen-bond donors (Lipinski definition) is 0. The van der Waals surface area contributed by atoms with Crippen LogP contribution in [0.4, 0.5) is 11.4 Å². The number of benzene rings is 3. The average molecular weight is 500 g/mol. The van der Waals surface area contributed by atoms with Crippen molar-refractivity contribution in [2.45, 2.75) is 18.1 Å². The van der Waals surface area contributed by atoms with Gasteiger partial charge in [-0.25, -0.2) is 0 Å². The van der Waals surface area contributed by atoms with Crippen molar-refractivity contribution >= 4 is 17.3 Å². The molecule has 3 aliphatic heterocycles. The first-order chi connectivity index (χ1) is 18.0. The lowest BCUT2D eigenvalue weighted by molar-refractivity contribution is -0.276. The van der Waals surface area contributed by atoms with Gasteiger partial charge in [0.05, 0.1) is 32.7 Å². The van der Waals surface area contributed by atoms with Crippen LogP contribution in [-0.2, 0) is 25.5 Å². The molecule has 0 aliphatic carbocycles. The number of rotatable bonds is 5. The van der Waals surface area contributed by atoms with E-state index in [1.807, 2.05) is 59.5 Å². The largest absolute Gasteiger partial charge is 0.497 e. The van der Waals surface area contributed by atoms with Gasteiger partial charge in [0.2, 0.25) is 0 Å². The summed E-state index contributed by atoms with van der Waals surface area (Å²) in [5.41, 5.74) is 3.69. The van der Waals surface area contributed by atoms with Crippen LogP contribution in [0, 0.1) is 0 Å². The number of carbonyl (C=O) groups is 1. The van der Waals surface area contributed by atoms with Crippen molar-refractivity contribution in [3.05, 3.63) is 90.0 Å². The Kier molecular flexibility index (Phi) is 6.15. The third-order valence-electron chi connectivity index (χ3n) is 7.89. The lowest BCUT2D eigenvalue weighted by atomic mass is 9.83. The molecule has 0 N–H and O–H groups in total. The van der Waals surface area contributed by atoms with E-state index < -0.39 is 5.79 Å². The monoisotopic (exact) mass is 499 g/mol. The average Bonchev–Trinajstić information content (AvgIpc) is 3.18. The molecule has 3 aromatic carbocycles. The van der Waals surface area contributed by atoms with Crippen LogP contribution in [0.3, 0.4) is 0 Å². The molecule has 3 heterocycles. The standard InChI is InChI=1S/C30H33N3O4/c1-29(23-8-4-3-5-9-23)20-36-30(37-21-29)26-10-6-7-11-27(26)33(28(30)34)22-31-16-18-32(19-17-31)24-12-14-25(35-2)15-13-24/h3-15H,16-22H2,1-2H3. The number of carbonyl (C=O) groups excluding carboxylic acids is 1. The Balaban J connectivity index is 1.16. The van der Waals surface area contributed by atoms with E-state index >= 15 is 0 Å². The number of nitrogens with zero attached hydrogens (tertiary/aromatic N) is 3. The quantitative estimate of drug-likeness (QED) is 0.530. The number of para-hydroxylation sites is 1. The number of ether oxygens (including phenoxy) is 3. The summed E-state index contributed by atoms with van der Waals surface area (Å²) < 4.78 is 18.1. The zero-order valence-electron chi connectivity index (χ0n) is 21.4. The Morgan fingerprint density at radius 1 is 0.838 bits per heavy atom. The molecular weight excluding hydrogens is 466 g/mol. The third kappa shape index (κ3) is 4.17. The Labute approximate surface area is 218 Å². The van der Waals surface area contributed by atoms with E-state index in [1.54, 1.807) is 7.11 Å². The lowest BCUT2D eigenvalue weighted by Crippen LogP contribution is -2.56. The molecule has 37 heavy (non-hydrogen) atoms. The van der Waals surface area contributed by atoms with Gasteiger partial charge in [-0.15, -0.1) is 0 Å². The second-order valence-electron chi connectivity index (χ2n) is 10.3. The van der Waals surface area contributed by atoms with Gasteiger partial charge in [0, 0.05) is 42.8 Å². The zero-order valence-corrected chi connectivity index (χ0v) is 21.4. The van der Waals surface area contributed by atoms with Gasteiger partial charge in [-0.3, -0.25) is 14.6 Å². The van der Waals surface area contributed by atoms with Crippen LogP contribution < -0.4 is 14.5 Å². The van der Waals surface area contributed by atoms with E-state index in [0.29, 0.717) is 19.9 Å². The van der Waals surface area contributed by atoms with E-state index in [0.717, 1.165) is 48.7 Å². The van der Waals surface area contributed by atoms with E-state index in [4.69, 9.17) is 14.2 Å². The topological polar surface area (TPSA) is 54.5 Å². The molecule has 3 aromatic rings. The molecule has 1 spiro atoms. The van der Waals surface area contributed by atoms with Crippen LogP contribution in [0.15, 0.2) is 78.9 Å². The predicted molar refractivity (Wildman–Crippen MR) is 143 cm³/mol. The van der Waals surface area contributed by atoms with Crippen LogP contribution in [0.2, 0.25) is 0 Å². The summed E-state index contributed by atoms with van der Waals surface area (Å²) in [7, 11) is 1.68. The van der Waals surface area contributed by atoms with Crippen molar-refractivity contribution in [1.29, 1.82) is 0 Å². The lowest BCUT2D eigenvalue weighted by Gasteiger charge is -2.42. The maximum Gasteiger partial charge on any atom is 0.293 e. The highest BCUT2D eigenvalue weighted by Gasteiger charge is 2.57. The van der Waals surface area contributed by atoms with Crippen LogP contribution in [0.25, 0.3) is 0 Å². The number of amides is 1. The maximum absolute atomic E-state index is 13.9. The summed E-state index contributed by atoms with van der Waals surface area (Å²) >= 11 is 0.